The van der Waals surface area contributed by atoms with Crippen LogP contribution in [0.3, 0.4) is 0 Å². The molecule has 2 aromatic rings. The standard InChI is InChI=1S/C19H21NO3/c1-12-8-13(2)17(14(3)9-12)10-18(21)20-11-15-4-6-16(7-5-15)19(22)23/h4-9H,10-11H2,1-3H3,(H,20,21)(H,22,23). The van der Waals surface area contributed by atoms with E-state index in [4.69, 9.17) is 5.11 Å². The third kappa shape index (κ3) is 4.42. The van der Waals surface area contributed by atoms with Crippen LogP contribution in [0.5, 0.6) is 0 Å². The maximum absolute atomic E-state index is 12.1. The van der Waals surface area contributed by atoms with E-state index in [0.717, 1.165) is 22.3 Å². The topological polar surface area (TPSA) is 66.4 Å². The second-order valence-electron chi connectivity index (χ2n) is 5.83. The van der Waals surface area contributed by atoms with Crippen LogP contribution in [0.4, 0.5) is 0 Å². The molecule has 23 heavy (non-hydrogen) atoms. The highest BCUT2D eigenvalue weighted by Gasteiger charge is 2.09. The highest BCUT2D eigenvalue weighted by atomic mass is 16.4. The van der Waals surface area contributed by atoms with Crippen LogP contribution < -0.4 is 5.32 Å². The molecule has 2 rings (SSSR count). The summed E-state index contributed by atoms with van der Waals surface area (Å²) in [6.07, 6.45) is 0.352. The second-order valence-corrected chi connectivity index (χ2v) is 5.83. The van der Waals surface area contributed by atoms with Gasteiger partial charge in [-0.25, -0.2) is 4.79 Å². The van der Waals surface area contributed by atoms with E-state index in [2.05, 4.69) is 17.4 Å². The molecule has 4 nitrogen and oxygen atoms in total. The predicted octanol–water partition coefficient (Wildman–Crippen LogP) is 3.17. The number of carboxylic acid groups (broad SMARTS) is 1. The number of benzene rings is 2. The van der Waals surface area contributed by atoms with Crippen LogP contribution in [0, 0.1) is 20.8 Å². The van der Waals surface area contributed by atoms with Crippen molar-refractivity contribution in [2.75, 3.05) is 0 Å². The highest BCUT2D eigenvalue weighted by Crippen LogP contribution is 2.17. The lowest BCUT2D eigenvalue weighted by Gasteiger charge is -2.12. The van der Waals surface area contributed by atoms with Crippen LogP contribution in [0.25, 0.3) is 0 Å². The Bertz CT molecular complexity index is 710. The van der Waals surface area contributed by atoms with E-state index >= 15 is 0 Å². The smallest absolute Gasteiger partial charge is 0.335 e. The van der Waals surface area contributed by atoms with Crippen molar-refractivity contribution in [2.24, 2.45) is 0 Å². The zero-order valence-corrected chi connectivity index (χ0v) is 13.6. The zero-order valence-electron chi connectivity index (χ0n) is 13.6. The van der Waals surface area contributed by atoms with Crippen molar-refractivity contribution in [1.29, 1.82) is 0 Å². The van der Waals surface area contributed by atoms with E-state index in [-0.39, 0.29) is 11.5 Å². The maximum Gasteiger partial charge on any atom is 0.335 e. The largest absolute Gasteiger partial charge is 0.478 e. The fourth-order valence-corrected chi connectivity index (χ4v) is 2.68. The van der Waals surface area contributed by atoms with Gasteiger partial charge in [-0.2, -0.15) is 0 Å². The van der Waals surface area contributed by atoms with Crippen molar-refractivity contribution < 1.29 is 14.7 Å². The molecule has 0 aliphatic rings. The van der Waals surface area contributed by atoms with Gasteiger partial charge in [-0.05, 0) is 55.2 Å². The first-order valence-corrected chi connectivity index (χ1v) is 7.52. The summed E-state index contributed by atoms with van der Waals surface area (Å²) < 4.78 is 0. The molecular weight excluding hydrogens is 290 g/mol. The molecule has 0 heterocycles. The lowest BCUT2D eigenvalue weighted by molar-refractivity contribution is -0.120. The van der Waals surface area contributed by atoms with Crippen molar-refractivity contribution >= 4 is 11.9 Å². The summed E-state index contributed by atoms with van der Waals surface area (Å²) in [5, 5.41) is 11.7. The van der Waals surface area contributed by atoms with Crippen molar-refractivity contribution in [3.63, 3.8) is 0 Å². The van der Waals surface area contributed by atoms with Gasteiger partial charge < -0.3 is 10.4 Å². The fourth-order valence-electron chi connectivity index (χ4n) is 2.68. The Labute approximate surface area is 136 Å². The van der Waals surface area contributed by atoms with Gasteiger partial charge in [-0.15, -0.1) is 0 Å². The normalized spacial score (nSPS) is 10.4. The molecule has 0 aliphatic carbocycles. The minimum absolute atomic E-state index is 0.0395. The number of carbonyl (C=O) groups excluding carboxylic acids is 1. The van der Waals surface area contributed by atoms with Gasteiger partial charge in [0.15, 0.2) is 0 Å². The number of hydrogen-bond donors (Lipinski definition) is 2. The molecule has 0 radical (unpaired) electrons. The summed E-state index contributed by atoms with van der Waals surface area (Å²) in [4.78, 5) is 22.9. The van der Waals surface area contributed by atoms with E-state index in [0.29, 0.717) is 13.0 Å². The summed E-state index contributed by atoms with van der Waals surface area (Å²) in [5.41, 5.74) is 5.63. The lowest BCUT2D eigenvalue weighted by atomic mass is 9.97. The number of hydrogen-bond acceptors (Lipinski definition) is 2. The van der Waals surface area contributed by atoms with Crippen LogP contribution >= 0.6 is 0 Å². The van der Waals surface area contributed by atoms with Gasteiger partial charge in [-0.1, -0.05) is 29.8 Å². The molecule has 120 valence electrons. The van der Waals surface area contributed by atoms with Gasteiger partial charge >= 0.3 is 5.97 Å². The lowest BCUT2D eigenvalue weighted by Crippen LogP contribution is -2.25. The van der Waals surface area contributed by atoms with Crippen molar-refractivity contribution in [3.8, 4) is 0 Å². The number of amides is 1. The minimum atomic E-state index is -0.953. The van der Waals surface area contributed by atoms with Gasteiger partial charge in [-0.3, -0.25) is 4.79 Å². The molecule has 0 atom stereocenters. The average Bonchev–Trinajstić information content (AvgIpc) is 2.49. The van der Waals surface area contributed by atoms with Gasteiger partial charge in [0.2, 0.25) is 5.91 Å². The van der Waals surface area contributed by atoms with Gasteiger partial charge in [0, 0.05) is 6.54 Å². The Kier molecular flexibility index (Phi) is 5.16. The molecule has 0 saturated carbocycles. The fraction of sp³-hybridized carbons (Fsp3) is 0.263. The molecule has 0 fully saturated rings. The number of nitrogens with one attached hydrogen (secondary N) is 1. The third-order valence-electron chi connectivity index (χ3n) is 3.87. The number of rotatable bonds is 5. The summed E-state index contributed by atoms with van der Waals surface area (Å²) >= 11 is 0. The second kappa shape index (κ2) is 7.09. The number of carboxylic acids is 1. The average molecular weight is 311 g/mol. The van der Waals surface area contributed by atoms with Crippen molar-refractivity contribution in [1.82, 2.24) is 5.32 Å². The van der Waals surface area contributed by atoms with Crippen LogP contribution in [-0.4, -0.2) is 17.0 Å². The summed E-state index contributed by atoms with van der Waals surface area (Å²) in [6.45, 7) is 6.48. The first-order chi connectivity index (χ1) is 10.9. The molecule has 0 unspecified atom stereocenters. The molecule has 1 amide bonds. The summed E-state index contributed by atoms with van der Waals surface area (Å²) in [6, 6.07) is 10.7. The minimum Gasteiger partial charge on any atom is -0.478 e. The molecule has 0 spiro atoms. The number of aryl methyl sites for hydroxylation is 3. The number of carbonyl (C=O) groups is 2. The molecule has 0 aliphatic heterocycles. The van der Waals surface area contributed by atoms with E-state index in [1.807, 2.05) is 20.8 Å². The first kappa shape index (κ1) is 16.7. The van der Waals surface area contributed by atoms with Crippen LogP contribution in [-0.2, 0) is 17.8 Å². The predicted molar refractivity (Wildman–Crippen MR) is 89.6 cm³/mol. The Hall–Kier alpha value is -2.62. The molecule has 0 saturated heterocycles. The maximum atomic E-state index is 12.1. The van der Waals surface area contributed by atoms with Crippen molar-refractivity contribution in [3.05, 3.63) is 69.8 Å². The monoisotopic (exact) mass is 311 g/mol. The van der Waals surface area contributed by atoms with E-state index in [1.165, 1.54) is 17.7 Å². The Morgan fingerprint density at radius 3 is 2.09 bits per heavy atom. The van der Waals surface area contributed by atoms with E-state index in [1.54, 1.807) is 12.1 Å². The molecular formula is C19H21NO3. The van der Waals surface area contributed by atoms with Crippen molar-refractivity contribution in [2.45, 2.75) is 33.7 Å². The highest BCUT2D eigenvalue weighted by molar-refractivity contribution is 5.87. The Balaban J connectivity index is 1.96. The third-order valence-corrected chi connectivity index (χ3v) is 3.87. The first-order valence-electron chi connectivity index (χ1n) is 7.52. The molecule has 2 N–H and O–H groups in total. The van der Waals surface area contributed by atoms with E-state index < -0.39 is 5.97 Å². The van der Waals surface area contributed by atoms with Crippen LogP contribution in [0.15, 0.2) is 36.4 Å². The quantitative estimate of drug-likeness (QED) is 0.891. The number of aromatic carboxylic acids is 1. The molecule has 2 aromatic carbocycles. The van der Waals surface area contributed by atoms with E-state index in [9.17, 15) is 9.59 Å². The molecule has 0 aromatic heterocycles. The van der Waals surface area contributed by atoms with Gasteiger partial charge in [0.05, 0.1) is 12.0 Å². The molecule has 0 bridgehead atoms. The summed E-state index contributed by atoms with van der Waals surface area (Å²) in [7, 11) is 0. The Morgan fingerprint density at radius 1 is 1.00 bits per heavy atom. The van der Waals surface area contributed by atoms with Gasteiger partial charge in [0.25, 0.3) is 0 Å². The SMILES string of the molecule is Cc1cc(C)c(CC(=O)NCc2ccc(C(=O)O)cc2)c(C)c1. The summed E-state index contributed by atoms with van der Waals surface area (Å²) in [5.74, 6) is -0.992. The Morgan fingerprint density at radius 2 is 1.57 bits per heavy atom. The molecule has 4 heteroatoms. The van der Waals surface area contributed by atoms with Crippen LogP contribution in [0.2, 0.25) is 0 Å². The van der Waals surface area contributed by atoms with Crippen LogP contribution in [0.1, 0.15) is 38.2 Å². The van der Waals surface area contributed by atoms with Gasteiger partial charge in [0.1, 0.15) is 0 Å². The zero-order chi connectivity index (χ0) is 17.0.